The van der Waals surface area contributed by atoms with Gasteiger partial charge in [-0.1, -0.05) is 12.1 Å². The average molecular weight is 286 g/mol. The van der Waals surface area contributed by atoms with Crippen LogP contribution in [-0.2, 0) is 11.0 Å². The second-order valence-corrected chi connectivity index (χ2v) is 5.01. The maximum absolute atomic E-state index is 12.8. The topological polar surface area (TPSA) is 41.1 Å². The lowest BCUT2D eigenvalue weighted by molar-refractivity contribution is -0.137. The van der Waals surface area contributed by atoms with Gasteiger partial charge in [-0.3, -0.25) is 4.79 Å². The maximum Gasteiger partial charge on any atom is 0.418 e. The number of carbonyl (C=O) groups excluding carboxylic acids is 1. The summed E-state index contributed by atoms with van der Waals surface area (Å²) in [5.74, 6) is -0.169. The molecular formula is C14H17F3N2O. The summed E-state index contributed by atoms with van der Waals surface area (Å²) in [6.45, 7) is 1.68. The molecule has 0 aromatic heterocycles. The largest absolute Gasteiger partial charge is 0.418 e. The summed E-state index contributed by atoms with van der Waals surface area (Å²) in [6.07, 6.45) is -2.28. The van der Waals surface area contributed by atoms with Gasteiger partial charge in [0.15, 0.2) is 0 Å². The van der Waals surface area contributed by atoms with Gasteiger partial charge < -0.3 is 10.6 Å². The van der Waals surface area contributed by atoms with Gasteiger partial charge in [0, 0.05) is 6.42 Å². The summed E-state index contributed by atoms with van der Waals surface area (Å²) in [7, 11) is 0. The number of halogens is 3. The summed E-state index contributed by atoms with van der Waals surface area (Å²) >= 11 is 0. The van der Waals surface area contributed by atoms with Crippen LogP contribution >= 0.6 is 0 Å². The van der Waals surface area contributed by atoms with E-state index in [-0.39, 0.29) is 23.9 Å². The van der Waals surface area contributed by atoms with Crippen LogP contribution in [-0.4, -0.2) is 19.0 Å². The van der Waals surface area contributed by atoms with Crippen LogP contribution in [0.25, 0.3) is 0 Å². The highest BCUT2D eigenvalue weighted by Crippen LogP contribution is 2.34. The molecule has 1 heterocycles. The Morgan fingerprint density at radius 2 is 2.10 bits per heavy atom. The number of carbonyl (C=O) groups is 1. The van der Waals surface area contributed by atoms with Crippen LogP contribution in [0.5, 0.6) is 0 Å². The molecule has 2 N–H and O–H groups in total. The number of hydrogen-bond donors (Lipinski definition) is 2. The van der Waals surface area contributed by atoms with Crippen molar-refractivity contribution in [1.82, 2.24) is 5.32 Å². The van der Waals surface area contributed by atoms with Gasteiger partial charge in [-0.15, -0.1) is 0 Å². The molecule has 1 amide bonds. The van der Waals surface area contributed by atoms with E-state index in [1.165, 1.54) is 18.2 Å². The Kier molecular flexibility index (Phi) is 4.65. The zero-order chi connectivity index (χ0) is 14.6. The third kappa shape index (κ3) is 3.96. The highest BCUT2D eigenvalue weighted by molar-refractivity contribution is 5.91. The molecular weight excluding hydrogens is 269 g/mol. The zero-order valence-corrected chi connectivity index (χ0v) is 11.0. The van der Waals surface area contributed by atoms with Crippen molar-refractivity contribution in [2.24, 2.45) is 5.92 Å². The van der Waals surface area contributed by atoms with Gasteiger partial charge >= 0.3 is 6.18 Å². The third-order valence-corrected chi connectivity index (χ3v) is 3.38. The van der Waals surface area contributed by atoms with Crippen LogP contribution in [0.2, 0.25) is 0 Å². The molecule has 1 fully saturated rings. The molecule has 1 aromatic carbocycles. The van der Waals surface area contributed by atoms with Gasteiger partial charge in [0.1, 0.15) is 0 Å². The van der Waals surface area contributed by atoms with E-state index in [2.05, 4.69) is 10.6 Å². The number of alkyl halides is 3. The fourth-order valence-electron chi connectivity index (χ4n) is 2.40. The fourth-order valence-corrected chi connectivity index (χ4v) is 2.40. The summed E-state index contributed by atoms with van der Waals surface area (Å²) in [6, 6.07) is 5.04. The molecule has 6 heteroatoms. The summed E-state index contributed by atoms with van der Waals surface area (Å²) in [5, 5.41) is 5.56. The second-order valence-electron chi connectivity index (χ2n) is 5.01. The number of piperidine rings is 1. The predicted octanol–water partition coefficient (Wildman–Crippen LogP) is 3.03. The van der Waals surface area contributed by atoms with Crippen molar-refractivity contribution in [1.29, 1.82) is 0 Å². The zero-order valence-electron chi connectivity index (χ0n) is 11.0. The molecule has 1 aliphatic rings. The quantitative estimate of drug-likeness (QED) is 0.896. The van der Waals surface area contributed by atoms with Gasteiger partial charge in [-0.05, 0) is 44.0 Å². The smallest absolute Gasteiger partial charge is 0.325 e. The van der Waals surface area contributed by atoms with E-state index in [9.17, 15) is 18.0 Å². The number of nitrogens with one attached hydrogen (secondary N) is 2. The Hall–Kier alpha value is -1.56. The molecule has 0 radical (unpaired) electrons. The fraction of sp³-hybridized carbons (Fsp3) is 0.500. The molecule has 1 aromatic rings. The van der Waals surface area contributed by atoms with E-state index in [1.807, 2.05) is 0 Å². The average Bonchev–Trinajstić information content (AvgIpc) is 2.39. The maximum atomic E-state index is 12.8. The molecule has 1 atom stereocenters. The molecule has 3 nitrogen and oxygen atoms in total. The minimum Gasteiger partial charge on any atom is -0.325 e. The molecule has 1 aliphatic heterocycles. The molecule has 0 spiro atoms. The number of benzene rings is 1. The normalized spacial score (nSPS) is 19.6. The van der Waals surface area contributed by atoms with Crippen molar-refractivity contribution in [3.63, 3.8) is 0 Å². The van der Waals surface area contributed by atoms with Crippen molar-refractivity contribution < 1.29 is 18.0 Å². The lowest BCUT2D eigenvalue weighted by Crippen LogP contribution is -2.32. The van der Waals surface area contributed by atoms with Gasteiger partial charge in [0.25, 0.3) is 0 Å². The first-order valence-electron chi connectivity index (χ1n) is 6.63. The lowest BCUT2D eigenvalue weighted by Gasteiger charge is -2.22. The minimum absolute atomic E-state index is 0.172. The number of hydrogen-bond acceptors (Lipinski definition) is 2. The van der Waals surface area contributed by atoms with E-state index < -0.39 is 11.7 Å². The second kappa shape index (κ2) is 6.26. The van der Waals surface area contributed by atoms with Crippen molar-refractivity contribution in [2.75, 3.05) is 18.4 Å². The van der Waals surface area contributed by atoms with Gasteiger partial charge in [-0.2, -0.15) is 13.2 Å². The van der Waals surface area contributed by atoms with Crippen LogP contribution in [0.15, 0.2) is 24.3 Å². The van der Waals surface area contributed by atoms with Gasteiger partial charge in [0.2, 0.25) is 5.91 Å². The molecule has 110 valence electrons. The van der Waals surface area contributed by atoms with E-state index >= 15 is 0 Å². The van der Waals surface area contributed by atoms with E-state index in [4.69, 9.17) is 0 Å². The molecule has 20 heavy (non-hydrogen) atoms. The van der Waals surface area contributed by atoms with Crippen molar-refractivity contribution in [3.05, 3.63) is 29.8 Å². The van der Waals surface area contributed by atoms with Gasteiger partial charge in [0.05, 0.1) is 11.3 Å². The minimum atomic E-state index is -4.46. The Bertz CT molecular complexity index is 468. The molecule has 0 bridgehead atoms. The monoisotopic (exact) mass is 286 g/mol. The summed E-state index contributed by atoms with van der Waals surface area (Å²) in [4.78, 5) is 11.9. The van der Waals surface area contributed by atoms with Crippen LogP contribution in [0.1, 0.15) is 24.8 Å². The number of rotatable bonds is 3. The van der Waals surface area contributed by atoms with Crippen molar-refractivity contribution in [2.45, 2.75) is 25.4 Å². The number of anilines is 1. The van der Waals surface area contributed by atoms with Crippen molar-refractivity contribution in [3.8, 4) is 0 Å². The first kappa shape index (κ1) is 14.8. The number of para-hydroxylation sites is 1. The first-order valence-corrected chi connectivity index (χ1v) is 6.63. The molecule has 2 rings (SSSR count). The first-order chi connectivity index (χ1) is 9.47. The predicted molar refractivity (Wildman–Crippen MR) is 70.3 cm³/mol. The van der Waals surface area contributed by atoms with Gasteiger partial charge in [-0.25, -0.2) is 0 Å². The highest BCUT2D eigenvalue weighted by Gasteiger charge is 2.33. The Morgan fingerprint density at radius 3 is 2.75 bits per heavy atom. The SMILES string of the molecule is O=C(CC1CCCNC1)Nc1ccccc1C(F)(F)F. The molecule has 1 unspecified atom stereocenters. The van der Waals surface area contributed by atoms with Crippen LogP contribution < -0.4 is 10.6 Å². The Balaban J connectivity index is 2.00. The van der Waals surface area contributed by atoms with Crippen LogP contribution in [0.4, 0.5) is 18.9 Å². The number of amides is 1. The Morgan fingerprint density at radius 1 is 1.35 bits per heavy atom. The lowest BCUT2D eigenvalue weighted by atomic mass is 9.96. The Labute approximate surface area is 115 Å². The highest BCUT2D eigenvalue weighted by atomic mass is 19.4. The molecule has 0 saturated carbocycles. The van der Waals surface area contributed by atoms with Crippen LogP contribution in [0.3, 0.4) is 0 Å². The van der Waals surface area contributed by atoms with E-state index in [0.29, 0.717) is 0 Å². The van der Waals surface area contributed by atoms with E-state index in [1.54, 1.807) is 0 Å². The third-order valence-electron chi connectivity index (χ3n) is 3.38. The van der Waals surface area contributed by atoms with Crippen LogP contribution in [0, 0.1) is 5.92 Å². The molecule has 0 aliphatic carbocycles. The van der Waals surface area contributed by atoms with Crippen molar-refractivity contribution >= 4 is 11.6 Å². The molecule has 1 saturated heterocycles. The van der Waals surface area contributed by atoms with E-state index in [0.717, 1.165) is 32.0 Å². The summed E-state index contributed by atoms with van der Waals surface area (Å²) < 4.78 is 38.4. The standard InChI is InChI=1S/C14H17F3N2O/c15-14(16,17)11-5-1-2-6-12(11)19-13(20)8-10-4-3-7-18-9-10/h1-2,5-6,10,18H,3-4,7-9H2,(H,19,20). The summed E-state index contributed by atoms with van der Waals surface area (Å²) in [5.41, 5.74) is -0.983.